The summed E-state index contributed by atoms with van der Waals surface area (Å²) in [5, 5.41) is 0. The van der Waals surface area contributed by atoms with E-state index >= 15 is 0 Å². The molecule has 0 bridgehead atoms. The Kier molecular flexibility index (Phi) is 2.20. The van der Waals surface area contributed by atoms with Gasteiger partial charge in [-0.15, -0.1) is 0 Å². The molecular weight excluding hydrogens is 166 g/mol. The maximum atomic E-state index is 5.92. The fourth-order valence-corrected chi connectivity index (χ4v) is 1.69. The lowest BCUT2D eigenvalue weighted by Gasteiger charge is -2.24. The van der Waals surface area contributed by atoms with E-state index < -0.39 is 0 Å². The number of hydrogen-bond donors (Lipinski definition) is 1. The zero-order valence-corrected chi connectivity index (χ0v) is 7.62. The number of benzene rings is 1. The Labute approximate surface area is 77.5 Å². The fourth-order valence-electron chi connectivity index (χ4n) is 1.69. The number of hydrogen-bond acceptors (Lipinski definition) is 3. The molecule has 0 radical (unpaired) electrons. The van der Waals surface area contributed by atoms with Gasteiger partial charge in [0.1, 0.15) is 5.75 Å². The molecule has 2 N–H and O–H groups in total. The molecule has 70 valence electrons. The lowest BCUT2D eigenvalue weighted by atomic mass is 9.98. The molecule has 0 aliphatic carbocycles. The number of rotatable bonds is 1. The van der Waals surface area contributed by atoms with Crippen molar-refractivity contribution in [2.75, 3.05) is 13.7 Å². The van der Waals surface area contributed by atoms with Crippen LogP contribution in [0.2, 0.25) is 0 Å². The molecule has 3 nitrogen and oxygen atoms in total. The molecule has 13 heavy (non-hydrogen) atoms. The van der Waals surface area contributed by atoms with Gasteiger partial charge in [0.25, 0.3) is 0 Å². The molecular formula is C10H13NO2. The highest BCUT2D eigenvalue weighted by Crippen LogP contribution is 2.31. The van der Waals surface area contributed by atoms with Gasteiger partial charge in [0, 0.05) is 5.56 Å². The van der Waals surface area contributed by atoms with Crippen molar-refractivity contribution in [1.29, 1.82) is 0 Å². The van der Waals surface area contributed by atoms with Crippen molar-refractivity contribution < 1.29 is 9.47 Å². The highest BCUT2D eigenvalue weighted by Gasteiger charge is 2.20. The molecule has 1 heterocycles. The SMILES string of the molecule is COc1cccc2c1C(N)COC2. The lowest BCUT2D eigenvalue weighted by molar-refractivity contribution is 0.0911. The summed E-state index contributed by atoms with van der Waals surface area (Å²) in [4.78, 5) is 0. The highest BCUT2D eigenvalue weighted by molar-refractivity contribution is 5.43. The van der Waals surface area contributed by atoms with Gasteiger partial charge in [-0.3, -0.25) is 0 Å². The van der Waals surface area contributed by atoms with Gasteiger partial charge in [-0.1, -0.05) is 12.1 Å². The summed E-state index contributed by atoms with van der Waals surface area (Å²) in [6.07, 6.45) is 0. The third-order valence-corrected chi connectivity index (χ3v) is 2.30. The van der Waals surface area contributed by atoms with Crippen LogP contribution < -0.4 is 10.5 Å². The van der Waals surface area contributed by atoms with Crippen LogP contribution in [0.4, 0.5) is 0 Å². The third kappa shape index (κ3) is 1.41. The van der Waals surface area contributed by atoms with E-state index in [-0.39, 0.29) is 6.04 Å². The molecule has 1 atom stereocenters. The summed E-state index contributed by atoms with van der Waals surface area (Å²) in [6.45, 7) is 1.22. The number of fused-ring (bicyclic) bond motifs is 1. The molecule has 0 saturated carbocycles. The van der Waals surface area contributed by atoms with Crippen molar-refractivity contribution in [3.8, 4) is 5.75 Å². The average molecular weight is 179 g/mol. The normalized spacial score (nSPS) is 20.9. The van der Waals surface area contributed by atoms with Crippen LogP contribution in [-0.4, -0.2) is 13.7 Å². The van der Waals surface area contributed by atoms with Crippen molar-refractivity contribution in [2.24, 2.45) is 5.73 Å². The Balaban J connectivity index is 2.50. The maximum absolute atomic E-state index is 5.92. The van der Waals surface area contributed by atoms with Crippen molar-refractivity contribution in [1.82, 2.24) is 0 Å². The summed E-state index contributed by atoms with van der Waals surface area (Å²) in [6, 6.07) is 5.86. The quantitative estimate of drug-likeness (QED) is 0.705. The molecule has 0 amide bonds. The molecule has 1 aliphatic heterocycles. The van der Waals surface area contributed by atoms with Crippen LogP contribution >= 0.6 is 0 Å². The van der Waals surface area contributed by atoms with Crippen LogP contribution in [0, 0.1) is 0 Å². The summed E-state index contributed by atoms with van der Waals surface area (Å²) in [5.41, 5.74) is 8.15. The van der Waals surface area contributed by atoms with Gasteiger partial charge in [-0.2, -0.15) is 0 Å². The van der Waals surface area contributed by atoms with Gasteiger partial charge in [-0.25, -0.2) is 0 Å². The van der Waals surface area contributed by atoms with Gasteiger partial charge in [0.05, 0.1) is 26.4 Å². The Morgan fingerprint density at radius 2 is 2.38 bits per heavy atom. The molecule has 0 fully saturated rings. The highest BCUT2D eigenvalue weighted by atomic mass is 16.5. The van der Waals surface area contributed by atoms with Gasteiger partial charge >= 0.3 is 0 Å². The number of methoxy groups -OCH3 is 1. The summed E-state index contributed by atoms with van der Waals surface area (Å²) >= 11 is 0. The first kappa shape index (κ1) is 8.53. The van der Waals surface area contributed by atoms with E-state index in [4.69, 9.17) is 15.2 Å². The molecule has 1 aliphatic rings. The smallest absolute Gasteiger partial charge is 0.124 e. The van der Waals surface area contributed by atoms with Gasteiger partial charge < -0.3 is 15.2 Å². The minimum Gasteiger partial charge on any atom is -0.496 e. The average Bonchev–Trinajstić information content (AvgIpc) is 2.17. The minimum absolute atomic E-state index is 0.0556. The summed E-state index contributed by atoms with van der Waals surface area (Å²) in [7, 11) is 1.66. The predicted octanol–water partition coefficient (Wildman–Crippen LogP) is 1.23. The van der Waals surface area contributed by atoms with Crippen LogP contribution in [0.15, 0.2) is 18.2 Å². The maximum Gasteiger partial charge on any atom is 0.124 e. The van der Waals surface area contributed by atoms with Crippen LogP contribution in [-0.2, 0) is 11.3 Å². The zero-order valence-electron chi connectivity index (χ0n) is 7.62. The van der Waals surface area contributed by atoms with E-state index in [2.05, 4.69) is 0 Å². The van der Waals surface area contributed by atoms with Crippen molar-refractivity contribution in [3.05, 3.63) is 29.3 Å². The molecule has 0 aromatic heterocycles. The number of nitrogens with two attached hydrogens (primary N) is 1. The fraction of sp³-hybridized carbons (Fsp3) is 0.400. The van der Waals surface area contributed by atoms with E-state index in [1.54, 1.807) is 7.11 Å². The third-order valence-electron chi connectivity index (χ3n) is 2.30. The zero-order chi connectivity index (χ0) is 9.26. The van der Waals surface area contributed by atoms with E-state index in [9.17, 15) is 0 Å². The van der Waals surface area contributed by atoms with Gasteiger partial charge in [-0.05, 0) is 11.6 Å². The standard InChI is InChI=1S/C10H13NO2/c1-12-9-4-2-3-7-5-13-6-8(11)10(7)9/h2-4,8H,5-6,11H2,1H3. The predicted molar refractivity (Wildman–Crippen MR) is 49.6 cm³/mol. The first-order valence-electron chi connectivity index (χ1n) is 4.32. The number of ether oxygens (including phenoxy) is 2. The molecule has 0 spiro atoms. The van der Waals surface area contributed by atoms with Crippen LogP contribution in [0.25, 0.3) is 0 Å². The van der Waals surface area contributed by atoms with Crippen molar-refractivity contribution >= 4 is 0 Å². The first-order valence-corrected chi connectivity index (χ1v) is 4.32. The molecule has 2 rings (SSSR count). The van der Waals surface area contributed by atoms with E-state index in [1.807, 2.05) is 18.2 Å². The van der Waals surface area contributed by atoms with E-state index in [0.717, 1.165) is 16.9 Å². The Morgan fingerprint density at radius 3 is 3.15 bits per heavy atom. The van der Waals surface area contributed by atoms with Crippen LogP contribution in [0.5, 0.6) is 5.75 Å². The second kappa shape index (κ2) is 3.36. The molecule has 1 unspecified atom stereocenters. The second-order valence-corrected chi connectivity index (χ2v) is 3.15. The monoisotopic (exact) mass is 179 g/mol. The topological polar surface area (TPSA) is 44.5 Å². The van der Waals surface area contributed by atoms with Crippen LogP contribution in [0.3, 0.4) is 0 Å². The minimum atomic E-state index is -0.0556. The lowest BCUT2D eigenvalue weighted by Crippen LogP contribution is -2.24. The summed E-state index contributed by atoms with van der Waals surface area (Å²) in [5.74, 6) is 0.869. The van der Waals surface area contributed by atoms with Crippen molar-refractivity contribution in [3.63, 3.8) is 0 Å². The van der Waals surface area contributed by atoms with E-state index in [0.29, 0.717) is 13.2 Å². The molecule has 3 heteroatoms. The molecule has 1 aromatic carbocycles. The first-order chi connectivity index (χ1) is 6.33. The molecule has 1 aromatic rings. The Hall–Kier alpha value is -1.06. The Morgan fingerprint density at radius 1 is 1.54 bits per heavy atom. The summed E-state index contributed by atoms with van der Waals surface area (Å²) < 4.78 is 10.6. The van der Waals surface area contributed by atoms with Gasteiger partial charge in [0.15, 0.2) is 0 Å². The second-order valence-electron chi connectivity index (χ2n) is 3.15. The van der Waals surface area contributed by atoms with E-state index in [1.165, 1.54) is 0 Å². The molecule has 0 saturated heterocycles. The largest absolute Gasteiger partial charge is 0.496 e. The Bertz CT molecular complexity index is 298. The van der Waals surface area contributed by atoms with Gasteiger partial charge in [0.2, 0.25) is 0 Å². The van der Waals surface area contributed by atoms with Crippen LogP contribution in [0.1, 0.15) is 17.2 Å². The van der Waals surface area contributed by atoms with Crippen molar-refractivity contribution in [2.45, 2.75) is 12.6 Å².